The third-order valence-electron chi connectivity index (χ3n) is 4.95. The molecule has 0 radical (unpaired) electrons. The molecule has 2 aliphatic rings. The Morgan fingerprint density at radius 3 is 2.92 bits per heavy atom. The number of methoxy groups -OCH3 is 1. The van der Waals surface area contributed by atoms with E-state index in [2.05, 4.69) is 32.7 Å². The van der Waals surface area contributed by atoms with Crippen LogP contribution in [0.25, 0.3) is 0 Å². The second-order valence-electron chi connectivity index (χ2n) is 6.38. The second kappa shape index (κ2) is 7.12. The normalized spacial score (nSPS) is 24.5. The van der Waals surface area contributed by atoms with Gasteiger partial charge in [-0.05, 0) is 36.2 Å². The van der Waals surface area contributed by atoms with Gasteiger partial charge in [-0.3, -0.25) is 9.98 Å². The fourth-order valence-electron chi connectivity index (χ4n) is 3.64. The van der Waals surface area contributed by atoms with Gasteiger partial charge in [0.15, 0.2) is 16.7 Å². The van der Waals surface area contributed by atoms with Crippen molar-refractivity contribution >= 4 is 32.9 Å². The van der Waals surface area contributed by atoms with E-state index in [1.807, 2.05) is 42.2 Å². The van der Waals surface area contributed by atoms with E-state index in [9.17, 15) is 5.11 Å². The molecule has 0 bridgehead atoms. The van der Waals surface area contributed by atoms with E-state index >= 15 is 0 Å². The number of nitrogens with zero attached hydrogens (tertiary/aromatic N) is 3. The van der Waals surface area contributed by atoms with Gasteiger partial charge in [0, 0.05) is 22.5 Å². The molecular weight excluding hydrogens is 414 g/mol. The fraction of sp³-hybridized carbons (Fsp3) is 0.368. The molecule has 7 heteroatoms. The lowest BCUT2D eigenvalue weighted by Gasteiger charge is -2.32. The smallest absolute Gasteiger partial charge is 0.160 e. The Labute approximate surface area is 165 Å². The summed E-state index contributed by atoms with van der Waals surface area (Å²) in [6, 6.07) is 9.93. The number of aromatic hydroxyl groups is 1. The van der Waals surface area contributed by atoms with Gasteiger partial charge in [-0.25, -0.2) is 0 Å². The molecule has 0 saturated carbocycles. The third-order valence-corrected chi connectivity index (χ3v) is 6.76. The van der Waals surface area contributed by atoms with Crippen LogP contribution in [0.3, 0.4) is 0 Å². The highest BCUT2D eigenvalue weighted by atomic mass is 79.9. The number of fused-ring (bicyclic) bond motifs is 1. The van der Waals surface area contributed by atoms with E-state index < -0.39 is 0 Å². The number of hydrogen-bond donors (Lipinski definition) is 1. The number of rotatable bonds is 4. The first-order valence-corrected chi connectivity index (χ1v) is 10.4. The zero-order valence-corrected chi connectivity index (χ0v) is 17.0. The van der Waals surface area contributed by atoms with Crippen molar-refractivity contribution < 1.29 is 9.84 Å². The van der Waals surface area contributed by atoms with Crippen molar-refractivity contribution in [1.82, 2.24) is 9.88 Å². The fourth-order valence-corrected chi connectivity index (χ4v) is 5.54. The molecule has 0 unspecified atom stereocenters. The quantitative estimate of drug-likeness (QED) is 0.766. The van der Waals surface area contributed by atoms with E-state index in [0.717, 1.165) is 33.1 Å². The van der Waals surface area contributed by atoms with E-state index in [1.54, 1.807) is 13.2 Å². The van der Waals surface area contributed by atoms with Crippen LogP contribution in [0.5, 0.6) is 11.5 Å². The molecule has 4 rings (SSSR count). The zero-order chi connectivity index (χ0) is 18.3. The number of halogens is 1. The molecule has 3 heterocycles. The molecule has 1 aromatic heterocycles. The van der Waals surface area contributed by atoms with Crippen molar-refractivity contribution in [2.75, 3.05) is 12.9 Å². The van der Waals surface area contributed by atoms with Crippen LogP contribution in [0, 0.1) is 0 Å². The predicted octanol–water partition coefficient (Wildman–Crippen LogP) is 4.54. The molecule has 0 amide bonds. The minimum Gasteiger partial charge on any atom is -0.504 e. The number of phenolic OH excluding ortho intramolecular Hbond substituents is 1. The van der Waals surface area contributed by atoms with Crippen LogP contribution < -0.4 is 4.74 Å². The Balaban J connectivity index is 1.85. The Kier molecular flexibility index (Phi) is 4.84. The van der Waals surface area contributed by atoms with Gasteiger partial charge < -0.3 is 14.7 Å². The number of aliphatic imine (C=N–C) groups is 1. The van der Waals surface area contributed by atoms with Crippen LogP contribution >= 0.6 is 27.7 Å². The molecule has 26 heavy (non-hydrogen) atoms. The van der Waals surface area contributed by atoms with Crippen LogP contribution in [0.15, 0.2) is 46.0 Å². The summed E-state index contributed by atoms with van der Waals surface area (Å²) < 4.78 is 6.21. The number of benzene rings is 1. The van der Waals surface area contributed by atoms with E-state index in [0.29, 0.717) is 11.8 Å². The molecule has 3 atom stereocenters. The molecule has 2 aromatic rings. The molecule has 1 aromatic carbocycles. The number of amidine groups is 1. The summed E-state index contributed by atoms with van der Waals surface area (Å²) >= 11 is 5.45. The number of thioether (sulfide) groups is 1. The van der Waals surface area contributed by atoms with Crippen molar-refractivity contribution in [2.24, 2.45) is 4.99 Å². The van der Waals surface area contributed by atoms with Crippen molar-refractivity contribution in [3.63, 3.8) is 0 Å². The first-order chi connectivity index (χ1) is 12.6. The van der Waals surface area contributed by atoms with E-state index in [-0.39, 0.29) is 17.8 Å². The molecule has 0 spiro atoms. The highest BCUT2D eigenvalue weighted by Gasteiger charge is 2.46. The molecule has 1 saturated heterocycles. The first kappa shape index (κ1) is 17.7. The van der Waals surface area contributed by atoms with Crippen LogP contribution in [0.4, 0.5) is 0 Å². The largest absolute Gasteiger partial charge is 0.504 e. The molecular formula is C19H20BrN3O2S. The van der Waals surface area contributed by atoms with Gasteiger partial charge in [0.2, 0.25) is 0 Å². The summed E-state index contributed by atoms with van der Waals surface area (Å²) in [7, 11) is 1.57. The SMILES string of the molecule is CC[C@@H]1CSC2=N[C@H](c3ccccn3)[C@@H](c3cc(OC)c(O)cc3Br)N21. The molecule has 1 N–H and O–H groups in total. The number of pyridine rings is 1. The van der Waals surface area contributed by atoms with Gasteiger partial charge in [0.05, 0.1) is 18.8 Å². The van der Waals surface area contributed by atoms with Crippen LogP contribution in [0.2, 0.25) is 0 Å². The molecule has 1 fully saturated rings. The van der Waals surface area contributed by atoms with Crippen LogP contribution in [-0.2, 0) is 0 Å². The lowest BCUT2D eigenvalue weighted by atomic mass is 9.95. The highest BCUT2D eigenvalue weighted by Crippen LogP contribution is 2.51. The lowest BCUT2D eigenvalue weighted by Crippen LogP contribution is -2.35. The summed E-state index contributed by atoms with van der Waals surface area (Å²) in [6.07, 6.45) is 2.87. The maximum Gasteiger partial charge on any atom is 0.160 e. The summed E-state index contributed by atoms with van der Waals surface area (Å²) in [4.78, 5) is 12.0. The average molecular weight is 434 g/mol. The van der Waals surface area contributed by atoms with Gasteiger partial charge in [-0.1, -0.05) is 40.7 Å². The Morgan fingerprint density at radius 1 is 1.38 bits per heavy atom. The number of phenols is 1. The van der Waals surface area contributed by atoms with Crippen molar-refractivity contribution in [3.8, 4) is 11.5 Å². The average Bonchev–Trinajstić information content (AvgIpc) is 3.22. The highest BCUT2D eigenvalue weighted by molar-refractivity contribution is 9.10. The number of hydrogen-bond acceptors (Lipinski definition) is 6. The lowest BCUT2D eigenvalue weighted by molar-refractivity contribution is 0.253. The monoisotopic (exact) mass is 433 g/mol. The van der Waals surface area contributed by atoms with Crippen molar-refractivity contribution in [1.29, 1.82) is 0 Å². The minimum absolute atomic E-state index is 0.0173. The predicted molar refractivity (Wildman–Crippen MR) is 108 cm³/mol. The Bertz CT molecular complexity index is 846. The van der Waals surface area contributed by atoms with Gasteiger partial charge in [-0.15, -0.1) is 0 Å². The standard InChI is InChI=1S/C19H20BrN3O2S/c1-3-11-10-26-19-22-17(14-6-4-5-7-21-14)18(23(11)19)12-8-16(25-2)15(24)9-13(12)20/h4-9,11,17-18,24H,3,10H2,1-2H3/t11-,17-,18-/m1/s1. The van der Waals surface area contributed by atoms with Crippen molar-refractivity contribution in [2.45, 2.75) is 31.5 Å². The van der Waals surface area contributed by atoms with E-state index in [4.69, 9.17) is 9.73 Å². The molecule has 5 nitrogen and oxygen atoms in total. The summed E-state index contributed by atoms with van der Waals surface area (Å²) in [5.41, 5.74) is 2.00. The Morgan fingerprint density at radius 2 is 2.23 bits per heavy atom. The van der Waals surface area contributed by atoms with Gasteiger partial charge in [-0.2, -0.15) is 0 Å². The molecule has 0 aliphatic carbocycles. The summed E-state index contributed by atoms with van der Waals surface area (Å²) in [5.74, 6) is 1.64. The van der Waals surface area contributed by atoms with Gasteiger partial charge >= 0.3 is 0 Å². The Hall–Kier alpha value is -1.73. The van der Waals surface area contributed by atoms with Gasteiger partial charge in [0.1, 0.15) is 6.04 Å². The van der Waals surface area contributed by atoms with Crippen LogP contribution in [0.1, 0.15) is 36.7 Å². The maximum absolute atomic E-state index is 10.1. The molecule has 2 aliphatic heterocycles. The van der Waals surface area contributed by atoms with Crippen LogP contribution in [-0.4, -0.2) is 39.1 Å². The second-order valence-corrected chi connectivity index (χ2v) is 8.22. The molecule has 136 valence electrons. The summed E-state index contributed by atoms with van der Waals surface area (Å²) in [6.45, 7) is 2.21. The minimum atomic E-state index is -0.0846. The first-order valence-electron chi connectivity index (χ1n) is 8.60. The van der Waals surface area contributed by atoms with Crippen molar-refractivity contribution in [3.05, 3.63) is 52.3 Å². The number of aromatic nitrogens is 1. The van der Waals surface area contributed by atoms with E-state index in [1.165, 1.54) is 0 Å². The maximum atomic E-state index is 10.1. The number of ether oxygens (including phenoxy) is 1. The van der Waals surface area contributed by atoms with Gasteiger partial charge in [0.25, 0.3) is 0 Å². The topological polar surface area (TPSA) is 58.0 Å². The zero-order valence-electron chi connectivity index (χ0n) is 14.6. The summed E-state index contributed by atoms with van der Waals surface area (Å²) in [5, 5.41) is 11.2. The third kappa shape index (κ3) is 2.87.